The van der Waals surface area contributed by atoms with Gasteiger partial charge in [0.05, 0.1) is 0 Å². The topological polar surface area (TPSA) is 32.5 Å². The minimum Gasteiger partial charge on any atom is -0.369 e. The predicted octanol–water partition coefficient (Wildman–Crippen LogP) is 1.93. The summed E-state index contributed by atoms with van der Waals surface area (Å²) in [6.45, 7) is 8.21. The van der Waals surface area contributed by atoms with E-state index in [1.807, 2.05) is 12.1 Å². The van der Waals surface area contributed by atoms with Gasteiger partial charge >= 0.3 is 0 Å². The van der Waals surface area contributed by atoms with Gasteiger partial charge in [0, 0.05) is 38.4 Å². The average molecular weight is 265 g/mol. The van der Waals surface area contributed by atoms with E-state index >= 15 is 0 Å². The van der Waals surface area contributed by atoms with E-state index in [4.69, 9.17) is 5.73 Å². The lowest BCUT2D eigenvalue weighted by molar-refractivity contribution is 0.218. The summed E-state index contributed by atoms with van der Waals surface area (Å²) >= 11 is 0. The van der Waals surface area contributed by atoms with Crippen molar-refractivity contribution in [3.8, 4) is 0 Å². The van der Waals surface area contributed by atoms with E-state index in [9.17, 15) is 4.39 Å². The van der Waals surface area contributed by atoms with Crippen LogP contribution in [0.1, 0.15) is 13.3 Å². The number of anilines is 1. The summed E-state index contributed by atoms with van der Waals surface area (Å²) in [6.07, 6.45) is 1.15. The molecule has 19 heavy (non-hydrogen) atoms. The molecule has 0 bridgehead atoms. The zero-order valence-electron chi connectivity index (χ0n) is 11.7. The molecule has 3 nitrogen and oxygen atoms in total. The van der Waals surface area contributed by atoms with Crippen molar-refractivity contribution in [1.82, 2.24) is 4.90 Å². The first kappa shape index (κ1) is 14.3. The van der Waals surface area contributed by atoms with Crippen molar-refractivity contribution in [3.05, 3.63) is 30.1 Å². The largest absolute Gasteiger partial charge is 0.369 e. The summed E-state index contributed by atoms with van der Waals surface area (Å²) in [7, 11) is 0. The minimum atomic E-state index is -0.170. The SMILES string of the molecule is CCC(CN)CN1CCN(c2ccc(F)cc2)CC1. The molecule has 1 aliphatic rings. The molecule has 0 radical (unpaired) electrons. The van der Waals surface area contributed by atoms with Gasteiger partial charge in [0.15, 0.2) is 0 Å². The van der Waals surface area contributed by atoms with Crippen molar-refractivity contribution in [2.45, 2.75) is 13.3 Å². The van der Waals surface area contributed by atoms with Crippen LogP contribution in [0.15, 0.2) is 24.3 Å². The van der Waals surface area contributed by atoms with Crippen LogP contribution >= 0.6 is 0 Å². The lowest BCUT2D eigenvalue weighted by atomic mass is 10.1. The van der Waals surface area contributed by atoms with Gasteiger partial charge in [0.2, 0.25) is 0 Å². The summed E-state index contributed by atoms with van der Waals surface area (Å²) in [5.74, 6) is 0.438. The number of rotatable bonds is 5. The minimum absolute atomic E-state index is 0.170. The molecule has 1 aromatic rings. The van der Waals surface area contributed by atoms with Crippen molar-refractivity contribution in [1.29, 1.82) is 0 Å². The van der Waals surface area contributed by atoms with Crippen molar-refractivity contribution < 1.29 is 4.39 Å². The first-order chi connectivity index (χ1) is 9.22. The lowest BCUT2D eigenvalue weighted by Crippen LogP contribution is -2.48. The molecule has 0 aliphatic carbocycles. The molecule has 1 aliphatic heterocycles. The molecule has 0 aromatic heterocycles. The second kappa shape index (κ2) is 6.87. The number of piperazine rings is 1. The molecule has 1 aromatic carbocycles. The van der Waals surface area contributed by atoms with Gasteiger partial charge in [-0.2, -0.15) is 0 Å². The molecule has 1 fully saturated rings. The normalized spacial score (nSPS) is 18.6. The van der Waals surface area contributed by atoms with E-state index in [2.05, 4.69) is 16.7 Å². The maximum atomic E-state index is 12.9. The van der Waals surface area contributed by atoms with Crippen LogP contribution < -0.4 is 10.6 Å². The Balaban J connectivity index is 1.83. The molecule has 1 saturated heterocycles. The molecule has 0 saturated carbocycles. The van der Waals surface area contributed by atoms with Gasteiger partial charge in [-0.1, -0.05) is 13.3 Å². The van der Waals surface area contributed by atoms with Gasteiger partial charge in [-0.25, -0.2) is 4.39 Å². The third kappa shape index (κ3) is 3.91. The maximum Gasteiger partial charge on any atom is 0.123 e. The van der Waals surface area contributed by atoms with Crippen LogP contribution in [0.2, 0.25) is 0 Å². The van der Waals surface area contributed by atoms with Gasteiger partial charge < -0.3 is 10.6 Å². The molecule has 0 amide bonds. The molecule has 106 valence electrons. The molecule has 2 N–H and O–H groups in total. The Morgan fingerprint density at radius 3 is 2.32 bits per heavy atom. The Morgan fingerprint density at radius 1 is 1.16 bits per heavy atom. The highest BCUT2D eigenvalue weighted by molar-refractivity contribution is 5.46. The van der Waals surface area contributed by atoms with Crippen LogP contribution in [-0.2, 0) is 0 Å². The van der Waals surface area contributed by atoms with E-state index in [0.717, 1.165) is 51.4 Å². The Morgan fingerprint density at radius 2 is 1.79 bits per heavy atom. The van der Waals surface area contributed by atoms with E-state index < -0.39 is 0 Å². The Labute approximate surface area is 115 Å². The van der Waals surface area contributed by atoms with Crippen molar-refractivity contribution in [2.75, 3.05) is 44.2 Å². The number of halogens is 1. The average Bonchev–Trinajstić information content (AvgIpc) is 2.46. The van der Waals surface area contributed by atoms with Crippen LogP contribution in [0.25, 0.3) is 0 Å². The molecule has 1 heterocycles. The summed E-state index contributed by atoms with van der Waals surface area (Å²) in [6, 6.07) is 6.78. The van der Waals surface area contributed by atoms with Gasteiger partial charge in [-0.3, -0.25) is 4.90 Å². The highest BCUT2D eigenvalue weighted by Gasteiger charge is 2.19. The van der Waals surface area contributed by atoms with Crippen LogP contribution in [0, 0.1) is 11.7 Å². The van der Waals surface area contributed by atoms with Gasteiger partial charge in [0.25, 0.3) is 0 Å². The Kier molecular flexibility index (Phi) is 5.16. The molecular weight excluding hydrogens is 241 g/mol. The van der Waals surface area contributed by atoms with Crippen LogP contribution in [0.3, 0.4) is 0 Å². The molecule has 2 rings (SSSR count). The van der Waals surface area contributed by atoms with Crippen LogP contribution in [0.4, 0.5) is 10.1 Å². The van der Waals surface area contributed by atoms with Gasteiger partial charge in [-0.05, 0) is 36.7 Å². The number of hydrogen-bond donors (Lipinski definition) is 1. The molecule has 1 atom stereocenters. The third-order valence-corrected chi connectivity index (χ3v) is 3.99. The standard InChI is InChI=1S/C15H24FN3/c1-2-13(11-17)12-18-7-9-19(10-8-18)15-5-3-14(16)4-6-15/h3-6,13H,2,7-12,17H2,1H3. The van der Waals surface area contributed by atoms with E-state index in [1.165, 1.54) is 12.1 Å². The predicted molar refractivity (Wildman–Crippen MR) is 77.9 cm³/mol. The summed E-state index contributed by atoms with van der Waals surface area (Å²) in [5, 5.41) is 0. The first-order valence-corrected chi connectivity index (χ1v) is 7.16. The maximum absolute atomic E-state index is 12.9. The van der Waals surface area contributed by atoms with Crippen molar-refractivity contribution in [3.63, 3.8) is 0 Å². The first-order valence-electron chi connectivity index (χ1n) is 7.16. The monoisotopic (exact) mass is 265 g/mol. The molecule has 1 unspecified atom stereocenters. The second-order valence-electron chi connectivity index (χ2n) is 5.27. The lowest BCUT2D eigenvalue weighted by Gasteiger charge is -2.37. The summed E-state index contributed by atoms with van der Waals surface area (Å²) in [4.78, 5) is 4.81. The van der Waals surface area contributed by atoms with Crippen molar-refractivity contribution in [2.24, 2.45) is 11.7 Å². The van der Waals surface area contributed by atoms with Crippen LogP contribution in [0.5, 0.6) is 0 Å². The molecule has 0 spiro atoms. The number of benzene rings is 1. The zero-order valence-corrected chi connectivity index (χ0v) is 11.7. The molecule has 4 heteroatoms. The third-order valence-electron chi connectivity index (χ3n) is 3.99. The summed E-state index contributed by atoms with van der Waals surface area (Å²) < 4.78 is 12.9. The highest BCUT2D eigenvalue weighted by Crippen LogP contribution is 2.17. The van der Waals surface area contributed by atoms with E-state index in [0.29, 0.717) is 5.92 Å². The number of nitrogens with zero attached hydrogens (tertiary/aromatic N) is 2. The fraction of sp³-hybridized carbons (Fsp3) is 0.600. The number of hydrogen-bond acceptors (Lipinski definition) is 3. The van der Waals surface area contributed by atoms with Gasteiger partial charge in [-0.15, -0.1) is 0 Å². The quantitative estimate of drug-likeness (QED) is 0.883. The van der Waals surface area contributed by atoms with Gasteiger partial charge in [0.1, 0.15) is 5.82 Å². The van der Waals surface area contributed by atoms with Crippen LogP contribution in [-0.4, -0.2) is 44.2 Å². The fourth-order valence-electron chi connectivity index (χ4n) is 2.58. The summed E-state index contributed by atoms with van der Waals surface area (Å²) in [5.41, 5.74) is 6.88. The zero-order chi connectivity index (χ0) is 13.7. The second-order valence-corrected chi connectivity index (χ2v) is 5.27. The number of nitrogens with two attached hydrogens (primary N) is 1. The Bertz CT molecular complexity index is 367. The smallest absolute Gasteiger partial charge is 0.123 e. The molecular formula is C15H24FN3. The fourth-order valence-corrected chi connectivity index (χ4v) is 2.58. The van der Waals surface area contributed by atoms with E-state index in [1.54, 1.807) is 0 Å². The van der Waals surface area contributed by atoms with E-state index in [-0.39, 0.29) is 5.82 Å². The van der Waals surface area contributed by atoms with Crippen molar-refractivity contribution >= 4 is 5.69 Å². The Hall–Kier alpha value is -1.13. The highest BCUT2D eigenvalue weighted by atomic mass is 19.1.